The van der Waals surface area contributed by atoms with E-state index in [1.165, 1.54) is 0 Å². The fraction of sp³-hybridized carbons (Fsp3) is 0.867. The minimum Gasteiger partial charge on any atom is -0.372 e. The SMILES string of the molecule is CC(C)(/C=C/CC(C)(C)OCC1CO1)OCC1CO1. The molecule has 2 aliphatic heterocycles. The molecule has 2 aliphatic rings. The van der Waals surface area contributed by atoms with Gasteiger partial charge in [-0.25, -0.2) is 0 Å². The second-order valence-corrected chi connectivity index (χ2v) is 6.50. The fourth-order valence-electron chi connectivity index (χ4n) is 1.69. The topological polar surface area (TPSA) is 43.5 Å². The van der Waals surface area contributed by atoms with Crippen molar-refractivity contribution in [2.45, 2.75) is 57.5 Å². The average Bonchev–Trinajstić information content (AvgIpc) is 3.16. The molecule has 4 nitrogen and oxygen atoms in total. The van der Waals surface area contributed by atoms with E-state index in [-0.39, 0.29) is 11.2 Å². The quantitative estimate of drug-likeness (QED) is 0.476. The maximum Gasteiger partial charge on any atom is 0.104 e. The van der Waals surface area contributed by atoms with Crippen LogP contribution in [-0.4, -0.2) is 49.8 Å². The summed E-state index contributed by atoms with van der Waals surface area (Å²) in [4.78, 5) is 0. The van der Waals surface area contributed by atoms with E-state index in [4.69, 9.17) is 18.9 Å². The van der Waals surface area contributed by atoms with Gasteiger partial charge < -0.3 is 18.9 Å². The first kappa shape index (κ1) is 15.0. The van der Waals surface area contributed by atoms with Crippen molar-refractivity contribution in [1.82, 2.24) is 0 Å². The van der Waals surface area contributed by atoms with Crippen LogP contribution in [0.4, 0.5) is 0 Å². The summed E-state index contributed by atoms with van der Waals surface area (Å²) in [6.45, 7) is 11.4. The molecule has 0 N–H and O–H groups in total. The van der Waals surface area contributed by atoms with E-state index in [9.17, 15) is 0 Å². The fourth-order valence-corrected chi connectivity index (χ4v) is 1.69. The molecule has 0 aromatic carbocycles. The highest BCUT2D eigenvalue weighted by molar-refractivity contribution is 4.99. The zero-order chi connectivity index (χ0) is 13.9. The Morgan fingerprint density at radius 1 is 1.00 bits per heavy atom. The molecule has 0 aliphatic carbocycles. The zero-order valence-corrected chi connectivity index (χ0v) is 12.5. The molecule has 110 valence electrons. The summed E-state index contributed by atoms with van der Waals surface area (Å²) in [6, 6.07) is 0. The van der Waals surface area contributed by atoms with E-state index in [0.29, 0.717) is 25.4 Å². The molecule has 4 heteroatoms. The zero-order valence-electron chi connectivity index (χ0n) is 12.5. The Kier molecular flexibility index (Phi) is 4.66. The Balaban J connectivity index is 1.66. The van der Waals surface area contributed by atoms with Crippen molar-refractivity contribution in [2.24, 2.45) is 0 Å². The van der Waals surface area contributed by atoms with Crippen molar-refractivity contribution in [3.63, 3.8) is 0 Å². The van der Waals surface area contributed by atoms with Crippen molar-refractivity contribution < 1.29 is 18.9 Å². The van der Waals surface area contributed by atoms with E-state index < -0.39 is 0 Å². The minimum absolute atomic E-state index is 0.155. The molecular weight excluding hydrogens is 244 g/mol. The monoisotopic (exact) mass is 270 g/mol. The Morgan fingerprint density at radius 2 is 1.53 bits per heavy atom. The van der Waals surface area contributed by atoms with Crippen molar-refractivity contribution in [3.8, 4) is 0 Å². The lowest BCUT2D eigenvalue weighted by molar-refractivity contribution is -0.0228. The molecule has 2 heterocycles. The molecule has 0 spiro atoms. The van der Waals surface area contributed by atoms with Crippen LogP contribution in [0, 0.1) is 0 Å². The van der Waals surface area contributed by atoms with Crippen LogP contribution in [0.25, 0.3) is 0 Å². The standard InChI is InChI=1S/C15H26O4/c1-14(2,18-10-12-8-16-12)6-5-7-15(3,4)19-11-13-9-17-13/h5-6,12-13H,7-11H2,1-4H3/b6-5+. The van der Waals surface area contributed by atoms with E-state index in [0.717, 1.165) is 19.6 Å². The van der Waals surface area contributed by atoms with Gasteiger partial charge in [-0.05, 0) is 34.1 Å². The average molecular weight is 270 g/mol. The van der Waals surface area contributed by atoms with Gasteiger partial charge in [0.1, 0.15) is 12.2 Å². The molecule has 2 rings (SSSR count). The van der Waals surface area contributed by atoms with E-state index in [1.54, 1.807) is 0 Å². The van der Waals surface area contributed by atoms with Gasteiger partial charge in [-0.2, -0.15) is 0 Å². The summed E-state index contributed by atoms with van der Waals surface area (Å²) >= 11 is 0. The van der Waals surface area contributed by atoms with Crippen molar-refractivity contribution in [1.29, 1.82) is 0 Å². The second kappa shape index (κ2) is 5.92. The third-order valence-corrected chi connectivity index (χ3v) is 3.23. The molecule has 19 heavy (non-hydrogen) atoms. The maximum atomic E-state index is 5.84. The van der Waals surface area contributed by atoms with Gasteiger partial charge >= 0.3 is 0 Å². The van der Waals surface area contributed by atoms with Crippen LogP contribution in [0.2, 0.25) is 0 Å². The van der Waals surface area contributed by atoms with Gasteiger partial charge in [0.25, 0.3) is 0 Å². The van der Waals surface area contributed by atoms with Crippen LogP contribution in [0.1, 0.15) is 34.1 Å². The molecule has 2 unspecified atom stereocenters. The number of ether oxygens (including phenoxy) is 4. The molecule has 0 radical (unpaired) electrons. The Bertz CT molecular complexity index is 314. The summed E-state index contributed by atoms with van der Waals surface area (Å²) in [7, 11) is 0. The van der Waals surface area contributed by atoms with Gasteiger partial charge in [-0.1, -0.05) is 12.2 Å². The summed E-state index contributed by atoms with van der Waals surface area (Å²) < 4.78 is 21.9. The van der Waals surface area contributed by atoms with E-state index in [1.807, 2.05) is 0 Å². The third-order valence-electron chi connectivity index (χ3n) is 3.23. The largest absolute Gasteiger partial charge is 0.372 e. The number of hydrogen-bond donors (Lipinski definition) is 0. The van der Waals surface area contributed by atoms with Crippen LogP contribution in [-0.2, 0) is 18.9 Å². The van der Waals surface area contributed by atoms with Gasteiger partial charge in [0.2, 0.25) is 0 Å². The van der Waals surface area contributed by atoms with Crippen molar-refractivity contribution >= 4 is 0 Å². The summed E-state index contributed by atoms with van der Waals surface area (Å²) in [5, 5.41) is 0. The normalized spacial score (nSPS) is 26.9. The number of hydrogen-bond acceptors (Lipinski definition) is 4. The first-order chi connectivity index (χ1) is 8.86. The molecular formula is C15H26O4. The number of rotatable bonds is 9. The van der Waals surface area contributed by atoms with Crippen molar-refractivity contribution in [2.75, 3.05) is 26.4 Å². The van der Waals surface area contributed by atoms with Crippen LogP contribution in [0.15, 0.2) is 12.2 Å². The molecule has 2 saturated heterocycles. The third kappa shape index (κ3) is 6.52. The lowest BCUT2D eigenvalue weighted by atomic mass is 10.0. The van der Waals surface area contributed by atoms with E-state index in [2.05, 4.69) is 39.8 Å². The highest BCUT2D eigenvalue weighted by Crippen LogP contribution is 2.21. The maximum absolute atomic E-state index is 5.84. The minimum atomic E-state index is -0.248. The smallest absolute Gasteiger partial charge is 0.104 e. The van der Waals surface area contributed by atoms with Gasteiger partial charge in [0.15, 0.2) is 0 Å². The lowest BCUT2D eigenvalue weighted by Gasteiger charge is -2.25. The van der Waals surface area contributed by atoms with Crippen LogP contribution < -0.4 is 0 Å². The highest BCUT2D eigenvalue weighted by Gasteiger charge is 2.28. The first-order valence-electron chi connectivity index (χ1n) is 7.05. The summed E-state index contributed by atoms with van der Waals surface area (Å²) in [5.74, 6) is 0. The van der Waals surface area contributed by atoms with Gasteiger partial charge in [-0.15, -0.1) is 0 Å². The molecule has 0 saturated carbocycles. The molecule has 2 fully saturated rings. The predicted molar refractivity (Wildman–Crippen MR) is 73.3 cm³/mol. The summed E-state index contributed by atoms with van der Waals surface area (Å²) in [6.07, 6.45) is 5.75. The molecule has 0 bridgehead atoms. The molecule has 2 atom stereocenters. The van der Waals surface area contributed by atoms with Gasteiger partial charge in [0.05, 0.1) is 37.6 Å². The Labute approximate surface area is 116 Å². The van der Waals surface area contributed by atoms with Gasteiger partial charge in [0, 0.05) is 0 Å². The first-order valence-corrected chi connectivity index (χ1v) is 7.05. The van der Waals surface area contributed by atoms with Crippen LogP contribution in [0.5, 0.6) is 0 Å². The predicted octanol–water partition coefficient (Wildman–Crippen LogP) is 2.32. The Morgan fingerprint density at radius 3 is 2.05 bits per heavy atom. The lowest BCUT2D eigenvalue weighted by Crippen LogP contribution is -2.27. The number of epoxide rings is 2. The highest BCUT2D eigenvalue weighted by atomic mass is 16.6. The summed E-state index contributed by atoms with van der Waals surface area (Å²) in [5.41, 5.74) is -0.403. The molecule has 0 aromatic rings. The molecule has 0 amide bonds. The van der Waals surface area contributed by atoms with E-state index >= 15 is 0 Å². The Hall–Kier alpha value is -0.420. The molecule has 0 aromatic heterocycles. The second-order valence-electron chi connectivity index (χ2n) is 6.50. The van der Waals surface area contributed by atoms with Gasteiger partial charge in [-0.3, -0.25) is 0 Å². The van der Waals surface area contributed by atoms with Crippen LogP contribution >= 0.6 is 0 Å². The van der Waals surface area contributed by atoms with Crippen molar-refractivity contribution in [3.05, 3.63) is 12.2 Å². The van der Waals surface area contributed by atoms with Crippen LogP contribution in [0.3, 0.4) is 0 Å².